The van der Waals surface area contributed by atoms with Crippen molar-refractivity contribution in [2.24, 2.45) is 0 Å². The maximum Gasteiger partial charge on any atom is 0.281 e. The second-order valence-electron chi connectivity index (χ2n) is 2.15. The number of carbonyl (C=O) groups excluding carboxylic acids is 1. The van der Waals surface area contributed by atoms with Crippen LogP contribution in [0.15, 0.2) is 18.3 Å². The Balaban J connectivity index is 0.000000671. The molecule has 13 heavy (non-hydrogen) atoms. The fourth-order valence-corrected chi connectivity index (χ4v) is 0.766. The highest BCUT2D eigenvalue weighted by Crippen LogP contribution is 2.03. The quantitative estimate of drug-likeness (QED) is 0.681. The minimum absolute atomic E-state index is 0.402. The van der Waals surface area contributed by atoms with Crippen molar-refractivity contribution in [3.05, 3.63) is 23.9 Å². The molecule has 0 aliphatic heterocycles. The minimum Gasteiger partial charge on any atom is -0.302 e. The van der Waals surface area contributed by atoms with Crippen molar-refractivity contribution in [3.8, 4) is 0 Å². The van der Waals surface area contributed by atoms with Gasteiger partial charge in [-0.1, -0.05) is 32.5 Å². The molecule has 1 aromatic heterocycles. The lowest BCUT2D eigenvalue weighted by atomic mass is 10.3. The van der Waals surface area contributed by atoms with Gasteiger partial charge in [0.1, 0.15) is 5.82 Å². The molecule has 0 atom stereocenters. The molecule has 72 valence electrons. The summed E-state index contributed by atoms with van der Waals surface area (Å²) in [5.41, 5.74) is 1.06. The van der Waals surface area contributed by atoms with Gasteiger partial charge in [-0.3, -0.25) is 4.79 Å². The summed E-state index contributed by atoms with van der Waals surface area (Å²) in [6.45, 7) is 5.93. The van der Waals surface area contributed by atoms with Crippen LogP contribution in [-0.4, -0.2) is 10.2 Å². The molecular weight excluding hydrogens is 184 g/mol. The van der Waals surface area contributed by atoms with Gasteiger partial charge in [0.05, 0.1) is 0 Å². The molecule has 0 unspecified atom stereocenters. The number of aryl methyl sites for hydroxylation is 1. The van der Waals surface area contributed by atoms with Gasteiger partial charge in [-0.25, -0.2) is 4.98 Å². The van der Waals surface area contributed by atoms with Gasteiger partial charge in [0.25, 0.3) is 5.24 Å². The van der Waals surface area contributed by atoms with E-state index in [0.29, 0.717) is 5.82 Å². The molecule has 0 bridgehead atoms. The van der Waals surface area contributed by atoms with Crippen LogP contribution in [0.2, 0.25) is 0 Å². The molecule has 0 saturated heterocycles. The molecule has 0 aliphatic rings. The fourth-order valence-electron chi connectivity index (χ4n) is 0.651. The Labute approximate surface area is 84.0 Å². The van der Waals surface area contributed by atoms with Gasteiger partial charge in [0.2, 0.25) is 0 Å². The zero-order valence-electron chi connectivity index (χ0n) is 8.03. The summed E-state index contributed by atoms with van der Waals surface area (Å²) in [7, 11) is 0. The van der Waals surface area contributed by atoms with Crippen LogP contribution in [0.4, 0.5) is 10.6 Å². The van der Waals surface area contributed by atoms with Gasteiger partial charge in [-0.15, -0.1) is 0 Å². The zero-order chi connectivity index (χ0) is 10.3. The highest BCUT2D eigenvalue weighted by molar-refractivity contribution is 7.96. The van der Waals surface area contributed by atoms with Crippen LogP contribution in [0.5, 0.6) is 0 Å². The van der Waals surface area contributed by atoms with E-state index in [2.05, 4.69) is 22.9 Å². The van der Waals surface area contributed by atoms with Crippen molar-refractivity contribution in [1.29, 1.82) is 0 Å². The van der Waals surface area contributed by atoms with E-state index in [9.17, 15) is 4.79 Å². The SMILES string of the molecule is CC.Cc1ccc(NC(=O)S)nc1. The number of pyridine rings is 1. The summed E-state index contributed by atoms with van der Waals surface area (Å²) in [5, 5.41) is 2.04. The number of amides is 1. The zero-order valence-corrected chi connectivity index (χ0v) is 8.93. The molecule has 1 heterocycles. The molecule has 0 aromatic carbocycles. The molecule has 0 saturated carbocycles. The van der Waals surface area contributed by atoms with Crippen molar-refractivity contribution >= 4 is 23.7 Å². The van der Waals surface area contributed by atoms with Gasteiger partial charge in [-0.05, 0) is 18.6 Å². The summed E-state index contributed by atoms with van der Waals surface area (Å²) >= 11 is 3.55. The predicted molar refractivity (Wildman–Crippen MR) is 58.3 cm³/mol. The molecule has 1 N–H and O–H groups in total. The molecule has 4 heteroatoms. The highest BCUT2D eigenvalue weighted by Gasteiger charge is 1.94. The first-order chi connectivity index (χ1) is 6.18. The van der Waals surface area contributed by atoms with E-state index in [1.165, 1.54) is 0 Å². The number of hydrogen-bond acceptors (Lipinski definition) is 2. The highest BCUT2D eigenvalue weighted by atomic mass is 32.1. The van der Waals surface area contributed by atoms with Gasteiger partial charge >= 0.3 is 0 Å². The van der Waals surface area contributed by atoms with E-state index in [-0.39, 0.29) is 0 Å². The maximum atomic E-state index is 10.4. The van der Waals surface area contributed by atoms with E-state index < -0.39 is 5.24 Å². The molecule has 0 radical (unpaired) electrons. The van der Waals surface area contributed by atoms with E-state index >= 15 is 0 Å². The van der Waals surface area contributed by atoms with E-state index in [1.54, 1.807) is 12.3 Å². The van der Waals surface area contributed by atoms with Gasteiger partial charge in [-0.2, -0.15) is 0 Å². The Morgan fingerprint density at radius 2 is 2.08 bits per heavy atom. The number of rotatable bonds is 1. The summed E-state index contributed by atoms with van der Waals surface area (Å²) in [5.74, 6) is 0.524. The predicted octanol–water partition coefficient (Wildman–Crippen LogP) is 2.88. The number of nitrogens with zero attached hydrogens (tertiary/aromatic N) is 1. The van der Waals surface area contributed by atoms with Crippen molar-refractivity contribution in [3.63, 3.8) is 0 Å². The summed E-state index contributed by atoms with van der Waals surface area (Å²) in [4.78, 5) is 14.3. The largest absolute Gasteiger partial charge is 0.302 e. The van der Waals surface area contributed by atoms with Crippen LogP contribution in [0.1, 0.15) is 19.4 Å². The Bertz CT molecular complexity index is 259. The van der Waals surface area contributed by atoms with Crippen LogP contribution < -0.4 is 5.32 Å². The number of thiol groups is 1. The van der Waals surface area contributed by atoms with Crippen LogP contribution in [-0.2, 0) is 0 Å². The lowest BCUT2D eigenvalue weighted by Gasteiger charge is -1.98. The van der Waals surface area contributed by atoms with Crippen molar-refractivity contribution in [1.82, 2.24) is 4.98 Å². The lowest BCUT2D eigenvalue weighted by molar-refractivity contribution is 0.270. The van der Waals surface area contributed by atoms with Crippen LogP contribution in [0.25, 0.3) is 0 Å². The lowest BCUT2D eigenvalue weighted by Crippen LogP contribution is -2.02. The third-order valence-corrected chi connectivity index (χ3v) is 1.26. The average molecular weight is 198 g/mol. The van der Waals surface area contributed by atoms with E-state index in [0.717, 1.165) is 5.56 Å². The van der Waals surface area contributed by atoms with Gasteiger partial charge in [0, 0.05) is 6.20 Å². The second-order valence-corrected chi connectivity index (χ2v) is 2.56. The van der Waals surface area contributed by atoms with E-state index in [4.69, 9.17) is 0 Å². The first-order valence-corrected chi connectivity index (χ1v) is 4.56. The number of carbonyl (C=O) groups is 1. The minimum atomic E-state index is -0.402. The first-order valence-electron chi connectivity index (χ1n) is 4.11. The third kappa shape index (κ3) is 5.25. The number of hydrogen-bond donors (Lipinski definition) is 2. The average Bonchev–Trinajstić information content (AvgIpc) is 2.12. The van der Waals surface area contributed by atoms with Crippen LogP contribution in [0.3, 0.4) is 0 Å². The van der Waals surface area contributed by atoms with Crippen molar-refractivity contribution in [2.45, 2.75) is 20.8 Å². The maximum absolute atomic E-state index is 10.4. The fraction of sp³-hybridized carbons (Fsp3) is 0.333. The second kappa shape index (κ2) is 6.48. The molecule has 1 rings (SSSR count). The molecule has 0 aliphatic carbocycles. The Hall–Kier alpha value is -1.03. The van der Waals surface area contributed by atoms with E-state index in [1.807, 2.05) is 26.8 Å². The van der Waals surface area contributed by atoms with Gasteiger partial charge < -0.3 is 5.32 Å². The topological polar surface area (TPSA) is 42.0 Å². The molecular formula is C9H14N2OS. The molecule has 0 spiro atoms. The smallest absolute Gasteiger partial charge is 0.281 e. The Morgan fingerprint density at radius 1 is 1.46 bits per heavy atom. The molecule has 1 aromatic rings. The summed E-state index contributed by atoms with van der Waals surface area (Å²) in [6, 6.07) is 3.59. The third-order valence-electron chi connectivity index (χ3n) is 1.15. The molecule has 1 amide bonds. The molecule has 3 nitrogen and oxygen atoms in total. The normalized spacial score (nSPS) is 8.31. The Morgan fingerprint density at radius 3 is 2.46 bits per heavy atom. The number of nitrogens with one attached hydrogen (secondary N) is 1. The number of anilines is 1. The monoisotopic (exact) mass is 198 g/mol. The molecule has 0 fully saturated rings. The number of aromatic nitrogens is 1. The summed E-state index contributed by atoms with van der Waals surface area (Å²) < 4.78 is 0. The van der Waals surface area contributed by atoms with Crippen LogP contribution in [0, 0.1) is 6.92 Å². The summed E-state index contributed by atoms with van der Waals surface area (Å²) in [6.07, 6.45) is 1.68. The Kier molecular flexibility index (Phi) is 5.97. The first kappa shape index (κ1) is 12.0. The van der Waals surface area contributed by atoms with Crippen molar-refractivity contribution < 1.29 is 4.79 Å². The van der Waals surface area contributed by atoms with Crippen LogP contribution >= 0.6 is 12.6 Å². The van der Waals surface area contributed by atoms with Gasteiger partial charge in [0.15, 0.2) is 0 Å². The standard InChI is InChI=1S/C7H8N2OS.C2H6/c1-5-2-3-6(8-4-5)9-7(10)11;1-2/h2-4H,1H3,(H2,8,9,10,11);1-2H3. The van der Waals surface area contributed by atoms with Crippen molar-refractivity contribution in [2.75, 3.05) is 5.32 Å².